The molecular weight excluding hydrogens is 393 g/mol. The van der Waals surface area contributed by atoms with Gasteiger partial charge in [0, 0.05) is 29.6 Å². The van der Waals surface area contributed by atoms with Gasteiger partial charge in [-0.25, -0.2) is 9.07 Å². The number of carbonyl (C=O) groups excluding carboxylic acids is 1. The molecule has 0 atom stereocenters. The maximum Gasteiger partial charge on any atom is 0.280 e. The van der Waals surface area contributed by atoms with E-state index in [1.54, 1.807) is 13.0 Å². The Morgan fingerprint density at radius 3 is 2.23 bits per heavy atom. The molecule has 8 nitrogen and oxygen atoms in total. The lowest BCUT2D eigenvalue weighted by Gasteiger charge is -2.15. The van der Waals surface area contributed by atoms with E-state index in [4.69, 9.17) is 14.2 Å². The van der Waals surface area contributed by atoms with Crippen molar-refractivity contribution in [1.82, 2.24) is 9.78 Å². The van der Waals surface area contributed by atoms with Crippen molar-refractivity contribution in [3.8, 4) is 22.9 Å². The topological polar surface area (TPSA) is 91.7 Å². The number of hydrogen-bond acceptors (Lipinski definition) is 6. The molecule has 1 N–H and O–H groups in total. The normalized spacial score (nSPS) is 10.4. The second-order valence-electron chi connectivity index (χ2n) is 6.23. The zero-order valence-corrected chi connectivity index (χ0v) is 16.9. The Labute approximate surface area is 171 Å². The maximum atomic E-state index is 14.2. The van der Waals surface area contributed by atoms with E-state index in [9.17, 15) is 14.0 Å². The Morgan fingerprint density at radius 2 is 1.67 bits per heavy atom. The first kappa shape index (κ1) is 20.8. The highest BCUT2D eigenvalue weighted by atomic mass is 19.1. The fourth-order valence-corrected chi connectivity index (χ4v) is 2.92. The third-order valence-corrected chi connectivity index (χ3v) is 4.33. The second kappa shape index (κ2) is 8.64. The molecule has 30 heavy (non-hydrogen) atoms. The quantitative estimate of drug-likeness (QED) is 0.668. The number of para-hydroxylation sites is 1. The minimum absolute atomic E-state index is 0.122. The molecule has 0 saturated heterocycles. The lowest BCUT2D eigenvalue weighted by atomic mass is 10.2. The van der Waals surface area contributed by atoms with Crippen molar-refractivity contribution in [3.05, 3.63) is 69.9 Å². The van der Waals surface area contributed by atoms with Crippen molar-refractivity contribution in [2.75, 3.05) is 26.6 Å². The van der Waals surface area contributed by atoms with Crippen LogP contribution in [0.5, 0.6) is 17.2 Å². The van der Waals surface area contributed by atoms with Crippen LogP contribution < -0.4 is 25.0 Å². The number of hydrogen-bond donors (Lipinski definition) is 1. The number of halogens is 1. The van der Waals surface area contributed by atoms with Gasteiger partial charge in [0.05, 0.1) is 21.3 Å². The smallest absolute Gasteiger partial charge is 0.280 e. The van der Waals surface area contributed by atoms with Gasteiger partial charge in [0.1, 0.15) is 11.5 Å². The molecule has 0 aliphatic rings. The minimum atomic E-state index is -0.764. The predicted octanol–water partition coefficient (Wildman–Crippen LogP) is 2.96. The Balaban J connectivity index is 2.01. The van der Waals surface area contributed by atoms with E-state index in [1.165, 1.54) is 62.4 Å². The lowest BCUT2D eigenvalue weighted by Crippen LogP contribution is -2.27. The molecule has 1 amide bonds. The molecule has 0 aliphatic heterocycles. The molecule has 0 radical (unpaired) electrons. The van der Waals surface area contributed by atoms with Gasteiger partial charge in [-0.3, -0.25) is 9.59 Å². The monoisotopic (exact) mass is 413 g/mol. The molecule has 0 aliphatic carbocycles. The van der Waals surface area contributed by atoms with Crippen LogP contribution in [0.25, 0.3) is 5.69 Å². The Hall–Kier alpha value is -3.88. The zero-order chi connectivity index (χ0) is 21.8. The predicted molar refractivity (Wildman–Crippen MR) is 109 cm³/mol. The van der Waals surface area contributed by atoms with Crippen LogP contribution in [0.2, 0.25) is 0 Å². The Kier molecular flexibility index (Phi) is 6.01. The number of aromatic nitrogens is 2. The standard InChI is InChI=1S/C21H20FN3O5/c1-12-9-16(26)19(24-25(12)15-8-6-5-7-14(15)22)21(27)23-13-10-17(28-2)20(30-4)18(11-13)29-3/h5-11H,1-4H3,(H,23,27). The van der Waals surface area contributed by atoms with Gasteiger partial charge < -0.3 is 19.5 Å². The van der Waals surface area contributed by atoms with Gasteiger partial charge in [-0.1, -0.05) is 12.1 Å². The van der Waals surface area contributed by atoms with E-state index >= 15 is 0 Å². The summed E-state index contributed by atoms with van der Waals surface area (Å²) in [6, 6.07) is 10.2. The summed E-state index contributed by atoms with van der Waals surface area (Å²) >= 11 is 0. The van der Waals surface area contributed by atoms with E-state index < -0.39 is 22.8 Å². The first-order valence-corrected chi connectivity index (χ1v) is 8.86. The molecule has 156 valence electrons. The van der Waals surface area contributed by atoms with Gasteiger partial charge in [-0.05, 0) is 19.1 Å². The van der Waals surface area contributed by atoms with Crippen molar-refractivity contribution < 1.29 is 23.4 Å². The lowest BCUT2D eigenvalue weighted by molar-refractivity contribution is 0.101. The molecule has 0 unspecified atom stereocenters. The summed E-state index contributed by atoms with van der Waals surface area (Å²) in [4.78, 5) is 25.2. The highest BCUT2D eigenvalue weighted by Gasteiger charge is 2.19. The molecule has 0 fully saturated rings. The number of methoxy groups -OCH3 is 3. The average Bonchev–Trinajstić information content (AvgIpc) is 2.73. The second-order valence-corrected chi connectivity index (χ2v) is 6.23. The Bertz CT molecular complexity index is 1130. The van der Waals surface area contributed by atoms with Crippen LogP contribution in [0, 0.1) is 12.7 Å². The van der Waals surface area contributed by atoms with Crippen LogP contribution in [0.15, 0.2) is 47.3 Å². The fourth-order valence-electron chi connectivity index (χ4n) is 2.92. The molecular formula is C21H20FN3O5. The van der Waals surface area contributed by atoms with Gasteiger partial charge in [0.25, 0.3) is 5.91 Å². The highest BCUT2D eigenvalue weighted by Crippen LogP contribution is 2.39. The summed E-state index contributed by atoms with van der Waals surface area (Å²) in [6.45, 7) is 1.60. The first-order valence-electron chi connectivity index (χ1n) is 8.86. The molecule has 0 spiro atoms. The van der Waals surface area contributed by atoms with Gasteiger partial charge in [-0.15, -0.1) is 0 Å². The molecule has 0 bridgehead atoms. The number of benzene rings is 2. The van der Waals surface area contributed by atoms with Gasteiger partial charge in [0.15, 0.2) is 17.2 Å². The average molecular weight is 413 g/mol. The Morgan fingerprint density at radius 1 is 1.03 bits per heavy atom. The number of ether oxygens (including phenoxy) is 3. The summed E-state index contributed by atoms with van der Waals surface area (Å²) in [6.07, 6.45) is 0. The SMILES string of the molecule is COc1cc(NC(=O)c2nn(-c3ccccc3F)c(C)cc2=O)cc(OC)c1OC. The maximum absolute atomic E-state index is 14.2. The van der Waals surface area contributed by atoms with Crippen LogP contribution in [0.1, 0.15) is 16.2 Å². The van der Waals surface area contributed by atoms with Gasteiger partial charge in [-0.2, -0.15) is 5.10 Å². The third-order valence-electron chi connectivity index (χ3n) is 4.33. The largest absolute Gasteiger partial charge is 0.493 e. The molecule has 9 heteroatoms. The van der Waals surface area contributed by atoms with E-state index in [0.717, 1.165) is 0 Å². The molecule has 2 aromatic carbocycles. The highest BCUT2D eigenvalue weighted by molar-refractivity contribution is 6.03. The third kappa shape index (κ3) is 3.95. The number of anilines is 1. The molecule has 3 rings (SSSR count). The molecule has 1 heterocycles. The summed E-state index contributed by atoms with van der Waals surface area (Å²) in [5.74, 6) is -0.291. The number of rotatable bonds is 6. The van der Waals surface area contributed by atoms with Gasteiger partial charge in [0.2, 0.25) is 11.2 Å². The van der Waals surface area contributed by atoms with Crippen LogP contribution in [-0.2, 0) is 0 Å². The number of amides is 1. The summed E-state index contributed by atoms with van der Waals surface area (Å²) < 4.78 is 31.2. The van der Waals surface area contributed by atoms with Crippen LogP contribution in [-0.4, -0.2) is 37.0 Å². The number of aryl methyl sites for hydroxylation is 1. The van der Waals surface area contributed by atoms with E-state index in [1.807, 2.05) is 0 Å². The van der Waals surface area contributed by atoms with Crippen molar-refractivity contribution in [2.45, 2.75) is 6.92 Å². The van der Waals surface area contributed by atoms with Crippen molar-refractivity contribution >= 4 is 11.6 Å². The van der Waals surface area contributed by atoms with Crippen molar-refractivity contribution in [1.29, 1.82) is 0 Å². The van der Waals surface area contributed by atoms with Crippen LogP contribution in [0.4, 0.5) is 10.1 Å². The van der Waals surface area contributed by atoms with E-state index in [-0.39, 0.29) is 5.69 Å². The summed E-state index contributed by atoms with van der Waals surface area (Å²) in [7, 11) is 4.34. The molecule has 1 aromatic heterocycles. The van der Waals surface area contributed by atoms with Gasteiger partial charge >= 0.3 is 0 Å². The van der Waals surface area contributed by atoms with E-state index in [0.29, 0.717) is 28.6 Å². The number of carbonyl (C=O) groups is 1. The van der Waals surface area contributed by atoms with Crippen molar-refractivity contribution in [3.63, 3.8) is 0 Å². The zero-order valence-electron chi connectivity index (χ0n) is 16.9. The molecule has 3 aromatic rings. The van der Waals surface area contributed by atoms with Crippen molar-refractivity contribution in [2.24, 2.45) is 0 Å². The number of nitrogens with zero attached hydrogens (tertiary/aromatic N) is 2. The fraction of sp³-hybridized carbons (Fsp3) is 0.190. The molecule has 0 saturated carbocycles. The van der Waals surface area contributed by atoms with Crippen LogP contribution in [0.3, 0.4) is 0 Å². The van der Waals surface area contributed by atoms with E-state index in [2.05, 4.69) is 10.4 Å². The minimum Gasteiger partial charge on any atom is -0.493 e. The summed E-state index contributed by atoms with van der Waals surface area (Å²) in [5.41, 5.74) is -0.178. The summed E-state index contributed by atoms with van der Waals surface area (Å²) in [5, 5.41) is 6.67. The first-order chi connectivity index (χ1) is 14.4. The van der Waals surface area contributed by atoms with Crippen LogP contribution >= 0.6 is 0 Å². The number of nitrogens with one attached hydrogen (secondary N) is 1.